The minimum atomic E-state index is 0.765. The second-order valence-electron chi connectivity index (χ2n) is 4.38. The lowest BCUT2D eigenvalue weighted by molar-refractivity contribution is 0.146. The Labute approximate surface area is 104 Å². The van der Waals surface area contributed by atoms with E-state index in [9.17, 15) is 0 Å². The van der Waals surface area contributed by atoms with Crippen molar-refractivity contribution in [3.8, 4) is 0 Å². The van der Waals surface area contributed by atoms with Gasteiger partial charge in [0.15, 0.2) is 0 Å². The van der Waals surface area contributed by atoms with Crippen LogP contribution in [0.2, 0.25) is 0 Å². The van der Waals surface area contributed by atoms with E-state index in [4.69, 9.17) is 10.6 Å². The maximum absolute atomic E-state index is 5.53. The second-order valence-corrected chi connectivity index (χ2v) is 4.38. The van der Waals surface area contributed by atoms with Gasteiger partial charge in [-0.3, -0.25) is 10.4 Å². The fourth-order valence-electron chi connectivity index (χ4n) is 1.71. The predicted octanol–water partition coefficient (Wildman–Crippen LogP) is 0.964. The van der Waals surface area contributed by atoms with Gasteiger partial charge in [-0.05, 0) is 39.0 Å². The molecule has 0 heterocycles. The summed E-state index contributed by atoms with van der Waals surface area (Å²) in [6.07, 6.45) is 3.64. The molecule has 0 spiro atoms. The molecule has 0 unspecified atom stereocenters. The smallest absolute Gasteiger partial charge is 0.208 e. The van der Waals surface area contributed by atoms with Crippen molar-refractivity contribution in [3.05, 3.63) is 0 Å². The van der Waals surface area contributed by atoms with Gasteiger partial charge in [0.05, 0.1) is 0 Å². The summed E-state index contributed by atoms with van der Waals surface area (Å²) >= 11 is 0. The highest BCUT2D eigenvalue weighted by molar-refractivity contribution is 5.79. The highest BCUT2D eigenvalue weighted by Gasteiger charge is 2.24. The highest BCUT2D eigenvalue weighted by Crippen LogP contribution is 2.29. The Bertz CT molecular complexity index is 229. The third-order valence-electron chi connectivity index (χ3n) is 2.90. The normalized spacial score (nSPS) is 16.1. The first-order valence-corrected chi connectivity index (χ1v) is 6.65. The van der Waals surface area contributed by atoms with Gasteiger partial charge in [0, 0.05) is 32.8 Å². The Morgan fingerprint density at radius 2 is 2.24 bits per heavy atom. The molecule has 1 fully saturated rings. The van der Waals surface area contributed by atoms with Gasteiger partial charge < -0.3 is 9.64 Å². The van der Waals surface area contributed by atoms with E-state index in [-0.39, 0.29) is 0 Å². The standard InChI is InChI=1S/C12H26N4O/c1-3-16(10-11-6-7-11)12(15-13)14-8-5-9-17-4-2/h11H,3-10,13H2,1-2H3,(H,14,15). The van der Waals surface area contributed by atoms with E-state index >= 15 is 0 Å². The molecule has 1 saturated carbocycles. The minimum Gasteiger partial charge on any atom is -0.382 e. The lowest BCUT2D eigenvalue weighted by Gasteiger charge is -2.23. The molecule has 5 nitrogen and oxygen atoms in total. The van der Waals surface area contributed by atoms with Gasteiger partial charge in [0.25, 0.3) is 0 Å². The largest absolute Gasteiger partial charge is 0.382 e. The van der Waals surface area contributed by atoms with E-state index in [1.165, 1.54) is 12.8 Å². The third-order valence-corrected chi connectivity index (χ3v) is 2.90. The van der Waals surface area contributed by atoms with Crippen molar-refractivity contribution in [1.82, 2.24) is 10.3 Å². The molecular formula is C12H26N4O. The lowest BCUT2D eigenvalue weighted by Crippen LogP contribution is -2.45. The lowest BCUT2D eigenvalue weighted by atomic mass is 10.4. The summed E-state index contributed by atoms with van der Waals surface area (Å²) in [5, 5.41) is 0. The van der Waals surface area contributed by atoms with E-state index in [1.807, 2.05) is 6.92 Å². The number of aliphatic imine (C=N–C) groups is 1. The van der Waals surface area contributed by atoms with E-state index in [0.717, 1.165) is 51.1 Å². The number of hydrazine groups is 1. The first kappa shape index (κ1) is 14.3. The van der Waals surface area contributed by atoms with Crippen molar-refractivity contribution >= 4 is 5.96 Å². The van der Waals surface area contributed by atoms with Crippen LogP contribution < -0.4 is 11.3 Å². The van der Waals surface area contributed by atoms with Crippen LogP contribution in [0.3, 0.4) is 0 Å². The van der Waals surface area contributed by atoms with Crippen LogP contribution in [0.15, 0.2) is 4.99 Å². The Balaban J connectivity index is 2.29. The van der Waals surface area contributed by atoms with Gasteiger partial charge in [-0.1, -0.05) is 0 Å². The highest BCUT2D eigenvalue weighted by atomic mass is 16.5. The SMILES string of the molecule is CCOCCCN=C(NN)N(CC)CC1CC1. The van der Waals surface area contributed by atoms with E-state index in [1.54, 1.807) is 0 Å². The Kier molecular flexibility index (Phi) is 6.96. The Morgan fingerprint density at radius 3 is 2.76 bits per heavy atom. The van der Waals surface area contributed by atoms with Gasteiger partial charge >= 0.3 is 0 Å². The molecule has 3 N–H and O–H groups in total. The van der Waals surface area contributed by atoms with Crippen molar-refractivity contribution in [2.75, 3.05) is 32.8 Å². The van der Waals surface area contributed by atoms with E-state index < -0.39 is 0 Å². The molecule has 1 aliphatic rings. The number of hydrogen-bond donors (Lipinski definition) is 2. The zero-order valence-corrected chi connectivity index (χ0v) is 11.1. The minimum absolute atomic E-state index is 0.765. The molecule has 0 atom stereocenters. The van der Waals surface area contributed by atoms with Gasteiger partial charge in [0.2, 0.25) is 5.96 Å². The molecule has 1 rings (SSSR count). The maximum atomic E-state index is 5.53. The zero-order valence-electron chi connectivity index (χ0n) is 11.1. The molecule has 0 aromatic carbocycles. The molecule has 0 bridgehead atoms. The van der Waals surface area contributed by atoms with Crippen LogP contribution in [0.5, 0.6) is 0 Å². The Morgan fingerprint density at radius 1 is 1.47 bits per heavy atom. The van der Waals surface area contributed by atoms with E-state index in [0.29, 0.717) is 0 Å². The molecule has 0 aliphatic heterocycles. The Hall–Kier alpha value is -0.810. The molecule has 1 aliphatic carbocycles. The summed E-state index contributed by atoms with van der Waals surface area (Å²) in [7, 11) is 0. The van der Waals surface area contributed by atoms with Gasteiger partial charge in [-0.2, -0.15) is 0 Å². The average molecular weight is 242 g/mol. The monoisotopic (exact) mass is 242 g/mol. The maximum Gasteiger partial charge on any atom is 0.208 e. The van der Waals surface area contributed by atoms with Gasteiger partial charge in [0.1, 0.15) is 0 Å². The van der Waals surface area contributed by atoms with Crippen molar-refractivity contribution < 1.29 is 4.74 Å². The summed E-state index contributed by atoms with van der Waals surface area (Å²) in [5.74, 6) is 7.19. The summed E-state index contributed by atoms with van der Waals surface area (Å²) in [5.41, 5.74) is 2.71. The molecule has 0 amide bonds. The molecule has 0 aromatic rings. The van der Waals surface area contributed by atoms with Crippen molar-refractivity contribution in [2.24, 2.45) is 16.8 Å². The number of hydrogen-bond acceptors (Lipinski definition) is 3. The van der Waals surface area contributed by atoms with Crippen molar-refractivity contribution in [2.45, 2.75) is 33.1 Å². The fraction of sp³-hybridized carbons (Fsp3) is 0.917. The summed E-state index contributed by atoms with van der Waals surface area (Å²) < 4.78 is 5.28. The van der Waals surface area contributed by atoms with E-state index in [2.05, 4.69) is 22.2 Å². The molecule has 5 heteroatoms. The molecule has 0 saturated heterocycles. The predicted molar refractivity (Wildman–Crippen MR) is 70.7 cm³/mol. The quantitative estimate of drug-likeness (QED) is 0.219. The summed E-state index contributed by atoms with van der Waals surface area (Å²) in [6, 6.07) is 0. The first-order chi connectivity index (χ1) is 8.31. The number of guanidine groups is 1. The third kappa shape index (κ3) is 5.89. The van der Waals surface area contributed by atoms with Crippen LogP contribution in [-0.2, 0) is 4.74 Å². The summed E-state index contributed by atoms with van der Waals surface area (Å²) in [6.45, 7) is 8.47. The molecule has 0 radical (unpaired) electrons. The number of rotatable bonds is 8. The number of nitrogens with one attached hydrogen (secondary N) is 1. The topological polar surface area (TPSA) is 62.9 Å². The molecule has 0 aromatic heterocycles. The first-order valence-electron chi connectivity index (χ1n) is 6.65. The average Bonchev–Trinajstić information content (AvgIpc) is 3.15. The van der Waals surface area contributed by atoms with Crippen LogP contribution in [0, 0.1) is 5.92 Å². The molecule has 100 valence electrons. The van der Waals surface area contributed by atoms with Crippen LogP contribution in [0.4, 0.5) is 0 Å². The van der Waals surface area contributed by atoms with Gasteiger partial charge in [-0.15, -0.1) is 0 Å². The van der Waals surface area contributed by atoms with Gasteiger partial charge in [-0.25, -0.2) is 5.84 Å². The van der Waals surface area contributed by atoms with Crippen molar-refractivity contribution in [3.63, 3.8) is 0 Å². The number of nitrogens with zero attached hydrogens (tertiary/aromatic N) is 2. The number of ether oxygens (including phenoxy) is 1. The number of nitrogens with two attached hydrogens (primary N) is 1. The fourth-order valence-corrected chi connectivity index (χ4v) is 1.71. The van der Waals surface area contributed by atoms with Crippen LogP contribution >= 0.6 is 0 Å². The zero-order chi connectivity index (χ0) is 12.5. The van der Waals surface area contributed by atoms with Crippen LogP contribution in [-0.4, -0.2) is 43.7 Å². The summed E-state index contributed by atoms with van der Waals surface area (Å²) in [4.78, 5) is 6.71. The second kappa shape index (κ2) is 8.31. The van der Waals surface area contributed by atoms with Crippen LogP contribution in [0.25, 0.3) is 0 Å². The van der Waals surface area contributed by atoms with Crippen molar-refractivity contribution in [1.29, 1.82) is 0 Å². The molecular weight excluding hydrogens is 216 g/mol. The van der Waals surface area contributed by atoms with Crippen LogP contribution in [0.1, 0.15) is 33.1 Å². The molecule has 17 heavy (non-hydrogen) atoms.